The van der Waals surface area contributed by atoms with Crippen LogP contribution >= 0.6 is 11.6 Å². The first kappa shape index (κ1) is 11.7. The van der Waals surface area contributed by atoms with Crippen LogP contribution in [0.4, 0.5) is 5.69 Å². The Kier molecular flexibility index (Phi) is 3.10. The van der Waals surface area contributed by atoms with E-state index in [9.17, 15) is 8.42 Å². The number of halogens is 1. The van der Waals surface area contributed by atoms with Gasteiger partial charge < -0.3 is 5.73 Å². The molecule has 0 atom stereocenters. The third kappa shape index (κ3) is 2.66. The Hall–Kier alpha value is -0.780. The van der Waals surface area contributed by atoms with Gasteiger partial charge in [-0.15, -0.1) is 0 Å². The van der Waals surface area contributed by atoms with Gasteiger partial charge in [0.05, 0.1) is 15.6 Å². The van der Waals surface area contributed by atoms with Crippen molar-refractivity contribution < 1.29 is 8.42 Å². The number of hydrogen-bond acceptors (Lipinski definition) is 3. The SMILES string of the molecule is Nc1cc(S(=O)(=O)NCC2CC2)ccc1Cl. The van der Waals surface area contributed by atoms with Crippen molar-refractivity contribution in [1.29, 1.82) is 0 Å². The lowest BCUT2D eigenvalue weighted by Gasteiger charge is -2.07. The van der Waals surface area contributed by atoms with Gasteiger partial charge in [0, 0.05) is 6.54 Å². The normalized spacial score (nSPS) is 16.3. The highest BCUT2D eigenvalue weighted by Gasteiger charge is 2.24. The molecule has 0 amide bonds. The molecular weight excluding hydrogens is 248 g/mol. The van der Waals surface area contributed by atoms with Crippen molar-refractivity contribution in [3.05, 3.63) is 23.2 Å². The van der Waals surface area contributed by atoms with Gasteiger partial charge in [-0.2, -0.15) is 0 Å². The fraction of sp³-hybridized carbons (Fsp3) is 0.400. The topological polar surface area (TPSA) is 72.2 Å². The van der Waals surface area contributed by atoms with E-state index < -0.39 is 10.0 Å². The number of nitrogen functional groups attached to an aromatic ring is 1. The molecule has 6 heteroatoms. The number of sulfonamides is 1. The predicted octanol–water partition coefficient (Wildman–Crippen LogP) is 1.61. The second-order valence-corrected chi connectivity index (χ2v) is 6.15. The molecule has 0 aromatic heterocycles. The largest absolute Gasteiger partial charge is 0.397 e. The van der Waals surface area contributed by atoms with E-state index in [1.807, 2.05) is 0 Å². The van der Waals surface area contributed by atoms with Crippen molar-refractivity contribution in [2.24, 2.45) is 5.92 Å². The minimum Gasteiger partial charge on any atom is -0.397 e. The maximum Gasteiger partial charge on any atom is 0.240 e. The first-order valence-electron chi connectivity index (χ1n) is 5.04. The van der Waals surface area contributed by atoms with Crippen molar-refractivity contribution in [3.8, 4) is 0 Å². The van der Waals surface area contributed by atoms with Crippen molar-refractivity contribution in [2.75, 3.05) is 12.3 Å². The average molecular weight is 261 g/mol. The molecule has 16 heavy (non-hydrogen) atoms. The number of rotatable bonds is 4. The zero-order valence-electron chi connectivity index (χ0n) is 8.61. The van der Waals surface area contributed by atoms with Crippen LogP contribution in [0.3, 0.4) is 0 Å². The number of hydrogen-bond donors (Lipinski definition) is 2. The van der Waals surface area contributed by atoms with Crippen LogP contribution in [-0.2, 0) is 10.0 Å². The molecule has 0 spiro atoms. The van der Waals surface area contributed by atoms with Gasteiger partial charge in [-0.05, 0) is 37.0 Å². The molecule has 1 aliphatic rings. The Morgan fingerprint density at radius 2 is 2.12 bits per heavy atom. The van der Waals surface area contributed by atoms with Gasteiger partial charge in [-0.25, -0.2) is 13.1 Å². The van der Waals surface area contributed by atoms with E-state index in [1.54, 1.807) is 0 Å². The molecule has 1 aromatic rings. The summed E-state index contributed by atoms with van der Waals surface area (Å²) in [5.74, 6) is 0.499. The van der Waals surface area contributed by atoms with Crippen LogP contribution < -0.4 is 10.5 Å². The lowest BCUT2D eigenvalue weighted by molar-refractivity contribution is 0.577. The fourth-order valence-corrected chi connectivity index (χ4v) is 2.59. The molecule has 0 aliphatic heterocycles. The van der Waals surface area contributed by atoms with Gasteiger partial charge in [0.2, 0.25) is 10.0 Å². The monoisotopic (exact) mass is 260 g/mol. The van der Waals surface area contributed by atoms with E-state index >= 15 is 0 Å². The van der Waals surface area contributed by atoms with Gasteiger partial charge in [-0.1, -0.05) is 11.6 Å². The van der Waals surface area contributed by atoms with Crippen LogP contribution in [0.1, 0.15) is 12.8 Å². The number of nitrogens with two attached hydrogens (primary N) is 1. The fourth-order valence-electron chi connectivity index (χ4n) is 1.32. The summed E-state index contributed by atoms with van der Waals surface area (Å²) in [5.41, 5.74) is 5.84. The second-order valence-electron chi connectivity index (χ2n) is 3.98. The zero-order chi connectivity index (χ0) is 11.8. The molecule has 0 radical (unpaired) electrons. The maximum atomic E-state index is 11.8. The Balaban J connectivity index is 2.17. The van der Waals surface area contributed by atoms with E-state index in [2.05, 4.69) is 4.72 Å². The summed E-state index contributed by atoms with van der Waals surface area (Å²) >= 11 is 5.73. The lowest BCUT2D eigenvalue weighted by Crippen LogP contribution is -2.25. The van der Waals surface area contributed by atoms with E-state index in [-0.39, 0.29) is 10.6 Å². The Bertz CT molecular complexity index is 498. The highest BCUT2D eigenvalue weighted by molar-refractivity contribution is 7.89. The lowest BCUT2D eigenvalue weighted by atomic mass is 10.3. The van der Waals surface area contributed by atoms with E-state index in [4.69, 9.17) is 17.3 Å². The van der Waals surface area contributed by atoms with Gasteiger partial charge in [0.15, 0.2) is 0 Å². The minimum atomic E-state index is -3.44. The second kappa shape index (κ2) is 4.24. The molecule has 0 saturated heterocycles. The van der Waals surface area contributed by atoms with Crippen LogP contribution in [0, 0.1) is 5.92 Å². The maximum absolute atomic E-state index is 11.8. The minimum absolute atomic E-state index is 0.162. The molecule has 1 aromatic carbocycles. The molecule has 0 bridgehead atoms. The smallest absolute Gasteiger partial charge is 0.240 e. The van der Waals surface area contributed by atoms with Gasteiger partial charge in [0.1, 0.15) is 0 Å². The average Bonchev–Trinajstić information content (AvgIpc) is 3.03. The van der Waals surface area contributed by atoms with Crippen LogP contribution in [0.5, 0.6) is 0 Å². The summed E-state index contributed by atoms with van der Waals surface area (Å²) in [7, 11) is -3.44. The summed E-state index contributed by atoms with van der Waals surface area (Å²) < 4.78 is 26.2. The molecule has 1 saturated carbocycles. The highest BCUT2D eigenvalue weighted by atomic mass is 35.5. The van der Waals surface area contributed by atoms with Crippen molar-refractivity contribution >= 4 is 27.3 Å². The summed E-state index contributed by atoms with van der Waals surface area (Å²) in [4.78, 5) is 0.162. The molecule has 4 nitrogen and oxygen atoms in total. The molecule has 2 rings (SSSR count). The van der Waals surface area contributed by atoms with Gasteiger partial charge in [0.25, 0.3) is 0 Å². The summed E-state index contributed by atoms with van der Waals surface area (Å²) in [6, 6.07) is 4.31. The first-order chi connectivity index (χ1) is 7.49. The molecule has 3 N–H and O–H groups in total. The van der Waals surface area contributed by atoms with Gasteiger partial charge >= 0.3 is 0 Å². The highest BCUT2D eigenvalue weighted by Crippen LogP contribution is 2.28. The molecule has 0 heterocycles. The summed E-state index contributed by atoms with van der Waals surface area (Å²) in [6.45, 7) is 0.505. The van der Waals surface area contributed by atoms with Crippen molar-refractivity contribution in [3.63, 3.8) is 0 Å². The number of nitrogens with one attached hydrogen (secondary N) is 1. The van der Waals surface area contributed by atoms with Crippen LogP contribution in [-0.4, -0.2) is 15.0 Å². The molecule has 1 aliphatic carbocycles. The molecule has 88 valence electrons. The number of anilines is 1. The quantitative estimate of drug-likeness (QED) is 0.808. The van der Waals surface area contributed by atoms with E-state index in [1.165, 1.54) is 18.2 Å². The Labute approximate surface area is 99.8 Å². The standard InChI is InChI=1S/C10H13ClN2O2S/c11-9-4-3-8(5-10(9)12)16(14,15)13-6-7-1-2-7/h3-5,7,13H,1-2,6,12H2. The van der Waals surface area contributed by atoms with Crippen LogP contribution in [0.25, 0.3) is 0 Å². The van der Waals surface area contributed by atoms with Crippen LogP contribution in [0.2, 0.25) is 5.02 Å². The molecule has 0 unspecified atom stereocenters. The Morgan fingerprint density at radius 1 is 1.44 bits per heavy atom. The van der Waals surface area contributed by atoms with E-state index in [0.717, 1.165) is 12.8 Å². The van der Waals surface area contributed by atoms with E-state index in [0.29, 0.717) is 17.5 Å². The van der Waals surface area contributed by atoms with Crippen LogP contribution in [0.15, 0.2) is 23.1 Å². The third-order valence-electron chi connectivity index (χ3n) is 2.54. The third-order valence-corrected chi connectivity index (χ3v) is 4.30. The van der Waals surface area contributed by atoms with Crippen molar-refractivity contribution in [2.45, 2.75) is 17.7 Å². The first-order valence-corrected chi connectivity index (χ1v) is 6.90. The Morgan fingerprint density at radius 3 is 2.69 bits per heavy atom. The molecule has 1 fully saturated rings. The predicted molar refractivity (Wildman–Crippen MR) is 63.8 cm³/mol. The molecular formula is C10H13ClN2O2S. The summed E-state index contributed by atoms with van der Waals surface area (Å²) in [6.07, 6.45) is 2.20. The summed E-state index contributed by atoms with van der Waals surface area (Å²) in [5, 5.41) is 0.362. The zero-order valence-corrected chi connectivity index (χ0v) is 10.2. The van der Waals surface area contributed by atoms with Gasteiger partial charge in [-0.3, -0.25) is 0 Å². The van der Waals surface area contributed by atoms with Crippen molar-refractivity contribution in [1.82, 2.24) is 4.72 Å². The number of benzene rings is 1.